The van der Waals surface area contributed by atoms with Crippen molar-refractivity contribution in [3.8, 4) is 0 Å². The molecule has 1 N–H and O–H groups in total. The fourth-order valence-corrected chi connectivity index (χ4v) is 4.05. The summed E-state index contributed by atoms with van der Waals surface area (Å²) in [5, 5.41) is 2.62. The Balaban J connectivity index is 1.62. The van der Waals surface area contributed by atoms with E-state index in [0.29, 0.717) is 21.8 Å². The largest absolute Gasteiger partial charge is 0.335 e. The molecule has 4 rings (SSSR count). The first kappa shape index (κ1) is 22.0. The lowest BCUT2D eigenvalue weighted by Crippen LogP contribution is -2.54. The molecule has 0 bridgehead atoms. The van der Waals surface area contributed by atoms with E-state index in [9.17, 15) is 14.4 Å². The van der Waals surface area contributed by atoms with E-state index in [1.807, 2.05) is 42.5 Å². The number of carbonyl (C=O) groups excluding carboxylic acids is 3. The molecule has 0 saturated carbocycles. The summed E-state index contributed by atoms with van der Waals surface area (Å²) in [6, 6.07) is 19.7. The molecule has 1 aliphatic rings. The van der Waals surface area contributed by atoms with Crippen LogP contribution in [0.1, 0.15) is 22.3 Å². The van der Waals surface area contributed by atoms with Crippen molar-refractivity contribution in [2.45, 2.75) is 13.3 Å². The molecule has 1 heterocycles. The number of rotatable bonds is 4. The predicted molar refractivity (Wildman–Crippen MR) is 129 cm³/mol. The van der Waals surface area contributed by atoms with Crippen molar-refractivity contribution < 1.29 is 14.4 Å². The smallest absolute Gasteiger partial charge is 0.273 e. The maximum absolute atomic E-state index is 13.1. The predicted octanol–water partition coefficient (Wildman–Crippen LogP) is 5.67. The van der Waals surface area contributed by atoms with Crippen molar-refractivity contribution in [2.75, 3.05) is 4.90 Å². The Hall–Kier alpha value is -3.22. The van der Waals surface area contributed by atoms with Crippen molar-refractivity contribution in [3.05, 3.63) is 104 Å². The summed E-state index contributed by atoms with van der Waals surface area (Å²) in [5.41, 5.74) is 3.82. The minimum absolute atomic E-state index is 0.123. The number of anilines is 1. The van der Waals surface area contributed by atoms with Crippen molar-refractivity contribution in [3.63, 3.8) is 0 Å². The van der Waals surface area contributed by atoms with Gasteiger partial charge in [0, 0.05) is 9.50 Å². The second-order valence-corrected chi connectivity index (χ2v) is 8.69. The summed E-state index contributed by atoms with van der Waals surface area (Å²) < 4.78 is 1.04. The first-order valence-electron chi connectivity index (χ1n) is 9.83. The summed E-state index contributed by atoms with van der Waals surface area (Å²) in [7, 11) is 0. The molecule has 3 aromatic rings. The van der Waals surface area contributed by atoms with E-state index < -0.39 is 17.8 Å². The summed E-state index contributed by atoms with van der Waals surface area (Å²) in [6.07, 6.45) is 2.23. The summed E-state index contributed by atoms with van der Waals surface area (Å²) in [5.74, 6) is -1.42. The van der Waals surface area contributed by atoms with Gasteiger partial charge in [0.1, 0.15) is 5.57 Å². The van der Waals surface area contributed by atoms with Crippen molar-refractivity contribution >= 4 is 57.1 Å². The van der Waals surface area contributed by atoms with Crippen LogP contribution in [0.3, 0.4) is 0 Å². The van der Waals surface area contributed by atoms with E-state index in [2.05, 4.69) is 27.3 Å². The molecule has 0 radical (unpaired) electrons. The lowest BCUT2D eigenvalue weighted by Gasteiger charge is -2.27. The maximum atomic E-state index is 13.1. The number of urea groups is 1. The molecule has 5 nitrogen and oxygen atoms in total. The molecule has 0 aromatic heterocycles. The van der Waals surface area contributed by atoms with E-state index >= 15 is 0 Å². The van der Waals surface area contributed by atoms with Gasteiger partial charge in [0.2, 0.25) is 0 Å². The van der Waals surface area contributed by atoms with Crippen molar-refractivity contribution in [1.29, 1.82) is 0 Å². The average Bonchev–Trinajstić information content (AvgIpc) is 2.76. The van der Waals surface area contributed by atoms with Gasteiger partial charge >= 0.3 is 6.03 Å². The molecule has 4 amide bonds. The number of nitrogens with zero attached hydrogens (tertiary/aromatic N) is 1. The number of hydrogen-bond donors (Lipinski definition) is 1. The van der Waals surface area contributed by atoms with Gasteiger partial charge in [-0.1, -0.05) is 76.1 Å². The van der Waals surface area contributed by atoms with Gasteiger partial charge in [0.05, 0.1) is 5.69 Å². The minimum atomic E-state index is -0.800. The highest BCUT2D eigenvalue weighted by atomic mass is 79.9. The van der Waals surface area contributed by atoms with Gasteiger partial charge in [-0.2, -0.15) is 0 Å². The Labute approximate surface area is 198 Å². The number of barbiturate groups is 1. The summed E-state index contributed by atoms with van der Waals surface area (Å²) >= 11 is 9.61. The number of carbonyl (C=O) groups is 3. The number of amides is 4. The van der Waals surface area contributed by atoms with Crippen LogP contribution in [0.2, 0.25) is 5.02 Å². The average molecular weight is 510 g/mol. The van der Waals surface area contributed by atoms with Crippen LogP contribution in [0.15, 0.2) is 76.8 Å². The van der Waals surface area contributed by atoms with Gasteiger partial charge in [-0.05, 0) is 59.9 Å². The van der Waals surface area contributed by atoms with E-state index in [-0.39, 0.29) is 5.57 Å². The Bertz CT molecular complexity index is 1270. The molecule has 1 fully saturated rings. The lowest BCUT2D eigenvalue weighted by molar-refractivity contribution is -0.122. The third-order valence-corrected chi connectivity index (χ3v) is 6.17. The van der Waals surface area contributed by atoms with Crippen molar-refractivity contribution in [1.82, 2.24) is 5.32 Å². The van der Waals surface area contributed by atoms with Crippen LogP contribution in [-0.2, 0) is 16.0 Å². The van der Waals surface area contributed by atoms with Crippen molar-refractivity contribution in [2.24, 2.45) is 0 Å². The van der Waals surface area contributed by atoms with Gasteiger partial charge in [0.15, 0.2) is 0 Å². The van der Waals surface area contributed by atoms with E-state index in [4.69, 9.17) is 11.6 Å². The number of aryl methyl sites for hydroxylation is 1. The first-order valence-corrected chi connectivity index (χ1v) is 11.0. The molecule has 1 saturated heterocycles. The molecular formula is C25H18BrClN2O3. The third-order valence-electron chi connectivity index (χ3n) is 5.16. The number of halogens is 2. The Morgan fingerprint density at radius 3 is 2.44 bits per heavy atom. The molecule has 32 heavy (non-hydrogen) atoms. The topological polar surface area (TPSA) is 66.5 Å². The SMILES string of the molecule is Cc1ccc(Cl)cc1N1C(=O)NC(=O)/C(=C\c2ccc(Cc3ccccc3Br)cc2)C1=O. The second kappa shape index (κ2) is 9.10. The van der Waals surface area contributed by atoms with Crippen LogP contribution in [0, 0.1) is 6.92 Å². The number of benzene rings is 3. The highest BCUT2D eigenvalue weighted by Gasteiger charge is 2.37. The zero-order valence-corrected chi connectivity index (χ0v) is 19.4. The quantitative estimate of drug-likeness (QED) is 0.364. The fraction of sp³-hybridized carbons (Fsp3) is 0.0800. The molecule has 0 atom stereocenters. The van der Waals surface area contributed by atoms with Gasteiger partial charge in [0.25, 0.3) is 11.8 Å². The first-order chi connectivity index (χ1) is 15.3. The normalized spacial score (nSPS) is 15.3. The number of imide groups is 2. The van der Waals surface area contributed by atoms with Gasteiger partial charge in [-0.15, -0.1) is 0 Å². The van der Waals surface area contributed by atoms with E-state index in [1.165, 1.54) is 12.1 Å². The number of nitrogens with one attached hydrogen (secondary N) is 1. The maximum Gasteiger partial charge on any atom is 0.335 e. The highest BCUT2D eigenvalue weighted by Crippen LogP contribution is 2.28. The Morgan fingerprint density at radius 2 is 1.72 bits per heavy atom. The molecule has 1 aliphatic heterocycles. The van der Waals surface area contributed by atoms with Crippen LogP contribution in [-0.4, -0.2) is 17.8 Å². The minimum Gasteiger partial charge on any atom is -0.273 e. The third kappa shape index (κ3) is 4.52. The molecule has 0 unspecified atom stereocenters. The fourth-order valence-electron chi connectivity index (χ4n) is 3.46. The Kier molecular flexibility index (Phi) is 6.26. The molecule has 0 aliphatic carbocycles. The zero-order chi connectivity index (χ0) is 22.8. The van der Waals surface area contributed by atoms with Crippen LogP contribution >= 0.6 is 27.5 Å². The monoisotopic (exact) mass is 508 g/mol. The molecule has 160 valence electrons. The highest BCUT2D eigenvalue weighted by molar-refractivity contribution is 9.10. The molecular weight excluding hydrogens is 492 g/mol. The van der Waals surface area contributed by atoms with Gasteiger partial charge < -0.3 is 0 Å². The molecule has 0 spiro atoms. The number of hydrogen-bond acceptors (Lipinski definition) is 3. The van der Waals surface area contributed by atoms with Gasteiger partial charge in [-0.3, -0.25) is 14.9 Å². The van der Waals surface area contributed by atoms with Crippen LogP contribution in [0.5, 0.6) is 0 Å². The Morgan fingerprint density at radius 1 is 1.00 bits per heavy atom. The lowest BCUT2D eigenvalue weighted by atomic mass is 10.0. The summed E-state index contributed by atoms with van der Waals surface area (Å²) in [6.45, 7) is 1.76. The second-order valence-electron chi connectivity index (χ2n) is 7.40. The standard InChI is InChI=1S/C25H18BrClN2O3/c1-15-6-11-19(27)14-22(15)29-24(31)20(23(30)28-25(29)32)13-17-9-7-16(8-10-17)12-18-4-2-3-5-21(18)26/h2-11,13-14H,12H2,1H3,(H,28,30,32)/b20-13+. The molecule has 3 aromatic carbocycles. The van der Waals surface area contributed by atoms with E-state index in [1.54, 1.807) is 19.1 Å². The van der Waals surface area contributed by atoms with Crippen LogP contribution in [0.4, 0.5) is 10.5 Å². The van der Waals surface area contributed by atoms with Gasteiger partial charge in [-0.25, -0.2) is 9.69 Å². The van der Waals surface area contributed by atoms with Crippen LogP contribution in [0.25, 0.3) is 6.08 Å². The summed E-state index contributed by atoms with van der Waals surface area (Å²) in [4.78, 5) is 38.9. The van der Waals surface area contributed by atoms with E-state index in [0.717, 1.165) is 26.9 Å². The zero-order valence-electron chi connectivity index (χ0n) is 17.1. The van der Waals surface area contributed by atoms with Crippen LogP contribution < -0.4 is 10.2 Å². The molecule has 7 heteroatoms.